The number of benzene rings is 1. The van der Waals surface area contributed by atoms with Gasteiger partial charge in [-0.3, -0.25) is 4.79 Å². The first-order chi connectivity index (χ1) is 9.97. The Hall–Kier alpha value is -1.79. The fourth-order valence-corrected chi connectivity index (χ4v) is 1.86. The monoisotopic (exact) mass is 297 g/mol. The Morgan fingerprint density at radius 1 is 1.33 bits per heavy atom. The number of amides is 1. The molecule has 0 bridgehead atoms. The highest BCUT2D eigenvalue weighted by Crippen LogP contribution is 2.29. The van der Waals surface area contributed by atoms with Crippen LogP contribution in [0.1, 0.15) is 25.5 Å². The van der Waals surface area contributed by atoms with Crippen molar-refractivity contribution >= 4 is 5.91 Å². The fourth-order valence-electron chi connectivity index (χ4n) is 1.86. The smallest absolute Gasteiger partial charge is 0.258 e. The maximum atomic E-state index is 11.8. The Morgan fingerprint density at radius 3 is 2.62 bits per heavy atom. The molecule has 2 atom stereocenters. The van der Waals surface area contributed by atoms with Crippen LogP contribution in [0.15, 0.2) is 18.2 Å². The maximum absolute atomic E-state index is 11.8. The lowest BCUT2D eigenvalue weighted by Crippen LogP contribution is -2.38. The summed E-state index contributed by atoms with van der Waals surface area (Å²) in [5.74, 6) is 0.778. The molecule has 0 saturated heterocycles. The van der Waals surface area contributed by atoms with Crippen LogP contribution in [0.5, 0.6) is 11.5 Å². The van der Waals surface area contributed by atoms with Crippen LogP contribution in [0.4, 0.5) is 0 Å². The van der Waals surface area contributed by atoms with Gasteiger partial charge in [0.2, 0.25) is 0 Å². The van der Waals surface area contributed by atoms with Crippen molar-refractivity contribution in [3.8, 4) is 11.5 Å². The van der Waals surface area contributed by atoms with Crippen LogP contribution in [0.25, 0.3) is 0 Å². The maximum Gasteiger partial charge on any atom is 0.258 e. The van der Waals surface area contributed by atoms with E-state index in [1.807, 2.05) is 6.92 Å². The zero-order valence-corrected chi connectivity index (χ0v) is 12.9. The third-order valence-corrected chi connectivity index (χ3v) is 2.85. The molecule has 0 spiro atoms. The molecule has 6 nitrogen and oxygen atoms in total. The van der Waals surface area contributed by atoms with Crippen LogP contribution in [0, 0.1) is 0 Å². The Labute approximate surface area is 125 Å². The second-order valence-corrected chi connectivity index (χ2v) is 4.79. The third kappa shape index (κ3) is 5.61. The van der Waals surface area contributed by atoms with Gasteiger partial charge in [-0.05, 0) is 26.0 Å². The first kappa shape index (κ1) is 17.3. The molecule has 1 rings (SSSR count). The van der Waals surface area contributed by atoms with Crippen molar-refractivity contribution in [2.24, 2.45) is 0 Å². The molecule has 6 heteroatoms. The average molecular weight is 297 g/mol. The van der Waals surface area contributed by atoms with Gasteiger partial charge in [-0.25, -0.2) is 0 Å². The van der Waals surface area contributed by atoms with E-state index in [9.17, 15) is 9.90 Å². The lowest BCUT2D eigenvalue weighted by atomic mass is 10.1. The topological polar surface area (TPSA) is 77.0 Å². The molecule has 1 amide bonds. The largest absolute Gasteiger partial charge is 0.497 e. The first-order valence-electron chi connectivity index (χ1n) is 6.75. The van der Waals surface area contributed by atoms with Crippen molar-refractivity contribution in [2.45, 2.75) is 26.0 Å². The van der Waals surface area contributed by atoms with Gasteiger partial charge < -0.3 is 24.6 Å². The molecule has 0 heterocycles. The summed E-state index contributed by atoms with van der Waals surface area (Å²) in [6.07, 6.45) is -0.693. The minimum atomic E-state index is -0.693. The van der Waals surface area contributed by atoms with Crippen molar-refractivity contribution < 1.29 is 24.1 Å². The Bertz CT molecular complexity index is 461. The van der Waals surface area contributed by atoms with Gasteiger partial charge in [-0.2, -0.15) is 0 Å². The molecule has 1 aromatic carbocycles. The number of aliphatic hydroxyl groups is 1. The summed E-state index contributed by atoms with van der Waals surface area (Å²) in [5, 5.41) is 12.5. The molecule has 0 aliphatic rings. The highest BCUT2D eigenvalue weighted by Gasteiger charge is 2.13. The number of hydrogen-bond donors (Lipinski definition) is 2. The summed E-state index contributed by atoms with van der Waals surface area (Å²) in [6.45, 7) is 3.77. The molecule has 0 aliphatic heterocycles. The minimum absolute atomic E-state index is 0.0901. The molecular formula is C15H23NO5. The van der Waals surface area contributed by atoms with Gasteiger partial charge >= 0.3 is 0 Å². The lowest BCUT2D eigenvalue weighted by molar-refractivity contribution is -0.124. The van der Waals surface area contributed by atoms with E-state index in [2.05, 4.69) is 5.32 Å². The number of rotatable bonds is 8. The average Bonchev–Trinajstić information content (AvgIpc) is 2.44. The minimum Gasteiger partial charge on any atom is -0.497 e. The van der Waals surface area contributed by atoms with Crippen molar-refractivity contribution in [3.63, 3.8) is 0 Å². The quantitative estimate of drug-likeness (QED) is 0.756. The Kier molecular flexibility index (Phi) is 6.98. The van der Waals surface area contributed by atoms with E-state index in [-0.39, 0.29) is 18.6 Å². The van der Waals surface area contributed by atoms with Crippen molar-refractivity contribution in [2.75, 3.05) is 27.4 Å². The number of hydrogen-bond acceptors (Lipinski definition) is 5. The number of nitrogens with one attached hydrogen (secondary N) is 1. The normalized spacial score (nSPS) is 13.4. The summed E-state index contributed by atoms with van der Waals surface area (Å²) in [5.41, 5.74) is 0.605. The van der Waals surface area contributed by atoms with Crippen molar-refractivity contribution in [3.05, 3.63) is 23.8 Å². The second kappa shape index (κ2) is 8.49. The molecule has 2 N–H and O–H groups in total. The zero-order chi connectivity index (χ0) is 15.8. The van der Waals surface area contributed by atoms with Crippen LogP contribution in [0.2, 0.25) is 0 Å². The molecule has 0 aliphatic carbocycles. The standard InChI is InChI=1S/C15H23NO5/c1-10(8-19-3)16-15(18)9-21-14-7-12(20-4)5-6-13(14)11(2)17/h5-7,10-11,17H,8-9H2,1-4H3,(H,16,18)/t10?,11-/m0/s1. The fraction of sp³-hybridized carbons (Fsp3) is 0.533. The Balaban J connectivity index is 2.67. The van der Waals surface area contributed by atoms with Crippen LogP contribution >= 0.6 is 0 Å². The van der Waals surface area contributed by atoms with Crippen LogP contribution < -0.4 is 14.8 Å². The van der Waals surface area contributed by atoms with Gasteiger partial charge in [0.05, 0.1) is 19.8 Å². The van der Waals surface area contributed by atoms with Crippen molar-refractivity contribution in [1.29, 1.82) is 0 Å². The van der Waals surface area contributed by atoms with E-state index >= 15 is 0 Å². The van der Waals surface area contributed by atoms with E-state index in [0.29, 0.717) is 23.7 Å². The summed E-state index contributed by atoms with van der Waals surface area (Å²) < 4.78 is 15.5. The van der Waals surface area contributed by atoms with Crippen LogP contribution in [-0.2, 0) is 9.53 Å². The van der Waals surface area contributed by atoms with Crippen LogP contribution in [0.3, 0.4) is 0 Å². The van der Waals surface area contributed by atoms with Crippen molar-refractivity contribution in [1.82, 2.24) is 5.32 Å². The highest BCUT2D eigenvalue weighted by molar-refractivity contribution is 5.77. The summed E-state index contributed by atoms with van der Waals surface area (Å²) in [4.78, 5) is 11.8. The first-order valence-corrected chi connectivity index (χ1v) is 6.75. The summed E-state index contributed by atoms with van der Waals surface area (Å²) >= 11 is 0. The van der Waals surface area contributed by atoms with E-state index < -0.39 is 6.10 Å². The molecule has 21 heavy (non-hydrogen) atoms. The van der Waals surface area contributed by atoms with Gasteiger partial charge in [0.15, 0.2) is 6.61 Å². The molecular weight excluding hydrogens is 274 g/mol. The van der Waals surface area contributed by atoms with Gasteiger partial charge in [0.1, 0.15) is 11.5 Å². The molecule has 1 unspecified atom stereocenters. The molecule has 118 valence electrons. The van der Waals surface area contributed by atoms with Gasteiger partial charge in [0, 0.05) is 24.8 Å². The van der Waals surface area contributed by atoms with E-state index in [4.69, 9.17) is 14.2 Å². The number of carbonyl (C=O) groups excluding carboxylic acids is 1. The Morgan fingerprint density at radius 2 is 2.05 bits per heavy atom. The molecule has 0 aromatic heterocycles. The van der Waals surface area contributed by atoms with Gasteiger partial charge in [0.25, 0.3) is 5.91 Å². The summed E-state index contributed by atoms with van der Waals surface area (Å²) in [6, 6.07) is 5.00. The highest BCUT2D eigenvalue weighted by atomic mass is 16.5. The second-order valence-electron chi connectivity index (χ2n) is 4.79. The molecule has 1 aromatic rings. The van der Waals surface area contributed by atoms with Crippen LogP contribution in [-0.4, -0.2) is 44.5 Å². The zero-order valence-electron chi connectivity index (χ0n) is 12.9. The molecule has 0 radical (unpaired) electrons. The number of carbonyl (C=O) groups is 1. The van der Waals surface area contributed by atoms with E-state index in [1.54, 1.807) is 39.3 Å². The predicted octanol–water partition coefficient (Wildman–Crippen LogP) is 1.28. The van der Waals surface area contributed by atoms with E-state index in [0.717, 1.165) is 0 Å². The van der Waals surface area contributed by atoms with Gasteiger partial charge in [-0.1, -0.05) is 0 Å². The molecule has 0 saturated carbocycles. The number of methoxy groups -OCH3 is 2. The number of aliphatic hydroxyl groups excluding tert-OH is 1. The lowest BCUT2D eigenvalue weighted by Gasteiger charge is -2.16. The predicted molar refractivity (Wildman–Crippen MR) is 78.6 cm³/mol. The van der Waals surface area contributed by atoms with Gasteiger partial charge in [-0.15, -0.1) is 0 Å². The van der Waals surface area contributed by atoms with E-state index in [1.165, 1.54) is 0 Å². The summed E-state index contributed by atoms with van der Waals surface area (Å²) in [7, 11) is 3.12. The number of ether oxygens (including phenoxy) is 3. The SMILES string of the molecule is COCC(C)NC(=O)COc1cc(OC)ccc1[C@H](C)O. The molecule has 0 fully saturated rings. The third-order valence-electron chi connectivity index (χ3n) is 2.85.